The number of hydrogen-bond donors (Lipinski definition) is 2. The minimum absolute atomic E-state index is 0.268. The van der Waals surface area contributed by atoms with Crippen molar-refractivity contribution in [2.75, 3.05) is 5.32 Å². The van der Waals surface area contributed by atoms with Gasteiger partial charge in [-0.15, -0.1) is 0 Å². The van der Waals surface area contributed by atoms with Gasteiger partial charge in [0.1, 0.15) is 5.76 Å². The molecule has 0 saturated heterocycles. The summed E-state index contributed by atoms with van der Waals surface area (Å²) in [5.74, 6) is -0.123. The second-order valence-corrected chi connectivity index (χ2v) is 3.32. The van der Waals surface area contributed by atoms with Crippen molar-refractivity contribution < 1.29 is 14.3 Å². The molecule has 0 unspecified atom stereocenters. The highest BCUT2D eigenvalue weighted by atomic mass is 16.4. The van der Waals surface area contributed by atoms with Gasteiger partial charge in [-0.25, -0.2) is 4.79 Å². The molecule has 0 amide bonds. The van der Waals surface area contributed by atoms with E-state index < -0.39 is 5.97 Å². The fraction of sp³-hybridized carbons (Fsp3) is 0.0833. The summed E-state index contributed by atoms with van der Waals surface area (Å²) in [7, 11) is 0. The van der Waals surface area contributed by atoms with E-state index in [9.17, 15) is 4.79 Å². The van der Waals surface area contributed by atoms with Gasteiger partial charge in [-0.3, -0.25) is 0 Å². The number of aromatic carboxylic acids is 1. The Hall–Kier alpha value is -2.23. The number of rotatable bonds is 4. The zero-order valence-corrected chi connectivity index (χ0v) is 8.51. The van der Waals surface area contributed by atoms with Crippen molar-refractivity contribution >= 4 is 11.7 Å². The smallest absolute Gasteiger partial charge is 0.335 e. The van der Waals surface area contributed by atoms with Crippen LogP contribution >= 0.6 is 0 Å². The van der Waals surface area contributed by atoms with Crippen LogP contribution in [0.3, 0.4) is 0 Å². The zero-order chi connectivity index (χ0) is 11.4. The Morgan fingerprint density at radius 1 is 1.31 bits per heavy atom. The molecule has 4 heteroatoms. The lowest BCUT2D eigenvalue weighted by Gasteiger charge is -2.04. The predicted molar refractivity (Wildman–Crippen MR) is 59.4 cm³/mol. The van der Waals surface area contributed by atoms with E-state index in [4.69, 9.17) is 9.52 Å². The van der Waals surface area contributed by atoms with Crippen LogP contribution in [0, 0.1) is 0 Å². The summed E-state index contributed by atoms with van der Waals surface area (Å²) >= 11 is 0. The van der Waals surface area contributed by atoms with Crippen LogP contribution in [0.25, 0.3) is 0 Å². The summed E-state index contributed by atoms with van der Waals surface area (Å²) in [6, 6.07) is 10.3. The third-order valence-electron chi connectivity index (χ3n) is 2.16. The highest BCUT2D eigenvalue weighted by molar-refractivity contribution is 5.88. The van der Waals surface area contributed by atoms with Gasteiger partial charge in [0.2, 0.25) is 0 Å². The van der Waals surface area contributed by atoms with Crippen molar-refractivity contribution in [3.63, 3.8) is 0 Å². The molecular weight excluding hydrogens is 206 g/mol. The third kappa shape index (κ3) is 2.42. The number of furan rings is 1. The molecule has 0 spiro atoms. The summed E-state index contributed by atoms with van der Waals surface area (Å²) in [5, 5.41) is 11.9. The van der Waals surface area contributed by atoms with Crippen molar-refractivity contribution in [1.82, 2.24) is 0 Å². The van der Waals surface area contributed by atoms with Gasteiger partial charge in [-0.1, -0.05) is 6.07 Å². The second-order valence-electron chi connectivity index (χ2n) is 3.32. The van der Waals surface area contributed by atoms with E-state index in [1.54, 1.807) is 24.5 Å². The monoisotopic (exact) mass is 217 g/mol. The molecule has 2 N–H and O–H groups in total. The van der Waals surface area contributed by atoms with Crippen molar-refractivity contribution in [3.8, 4) is 0 Å². The Balaban J connectivity index is 2.04. The van der Waals surface area contributed by atoms with E-state index in [0.29, 0.717) is 6.54 Å². The molecular formula is C12H11NO3. The lowest BCUT2D eigenvalue weighted by Crippen LogP contribution is -2.01. The molecule has 0 bridgehead atoms. The van der Waals surface area contributed by atoms with Gasteiger partial charge in [0.25, 0.3) is 0 Å². The first-order valence-corrected chi connectivity index (χ1v) is 4.85. The van der Waals surface area contributed by atoms with E-state index in [-0.39, 0.29) is 5.56 Å². The number of anilines is 1. The van der Waals surface area contributed by atoms with Crippen LogP contribution < -0.4 is 5.32 Å². The molecule has 0 fully saturated rings. The summed E-state index contributed by atoms with van der Waals surface area (Å²) in [5.41, 5.74) is 1.03. The van der Waals surface area contributed by atoms with Crippen molar-refractivity contribution in [1.29, 1.82) is 0 Å². The van der Waals surface area contributed by atoms with E-state index in [0.717, 1.165) is 11.4 Å². The van der Waals surface area contributed by atoms with Gasteiger partial charge in [0.05, 0.1) is 18.4 Å². The fourth-order valence-electron chi connectivity index (χ4n) is 1.36. The van der Waals surface area contributed by atoms with Crippen LogP contribution in [0.2, 0.25) is 0 Å². The average Bonchev–Trinajstić information content (AvgIpc) is 2.79. The maximum atomic E-state index is 10.7. The van der Waals surface area contributed by atoms with Crippen LogP contribution in [0.1, 0.15) is 16.1 Å². The van der Waals surface area contributed by atoms with E-state index in [2.05, 4.69) is 5.32 Å². The van der Waals surface area contributed by atoms with Gasteiger partial charge >= 0.3 is 5.97 Å². The van der Waals surface area contributed by atoms with Crippen molar-refractivity contribution in [3.05, 3.63) is 54.0 Å². The van der Waals surface area contributed by atoms with Crippen LogP contribution in [-0.2, 0) is 6.54 Å². The summed E-state index contributed by atoms with van der Waals surface area (Å²) in [6.07, 6.45) is 1.60. The van der Waals surface area contributed by atoms with Gasteiger partial charge in [-0.2, -0.15) is 0 Å². The van der Waals surface area contributed by atoms with Gasteiger partial charge < -0.3 is 14.8 Å². The Morgan fingerprint density at radius 2 is 2.19 bits per heavy atom. The molecule has 16 heavy (non-hydrogen) atoms. The molecule has 82 valence electrons. The highest BCUT2D eigenvalue weighted by Gasteiger charge is 2.03. The normalized spacial score (nSPS) is 10.0. The first kappa shape index (κ1) is 10.3. The molecule has 0 aliphatic rings. The van der Waals surface area contributed by atoms with Crippen molar-refractivity contribution in [2.45, 2.75) is 6.54 Å². The van der Waals surface area contributed by atoms with E-state index >= 15 is 0 Å². The lowest BCUT2D eigenvalue weighted by molar-refractivity contribution is 0.0697. The first-order chi connectivity index (χ1) is 7.75. The molecule has 2 aromatic rings. The quantitative estimate of drug-likeness (QED) is 0.826. The Morgan fingerprint density at radius 3 is 2.88 bits per heavy atom. The molecule has 2 rings (SSSR count). The standard InChI is InChI=1S/C12H11NO3/c14-12(15)9-3-1-4-10(7-9)13-8-11-5-2-6-16-11/h1-7,13H,8H2,(H,14,15). The summed E-state index contributed by atoms with van der Waals surface area (Å²) in [4.78, 5) is 10.7. The number of carboxylic acids is 1. The summed E-state index contributed by atoms with van der Waals surface area (Å²) < 4.78 is 5.15. The molecule has 1 aromatic carbocycles. The van der Waals surface area contributed by atoms with Crippen LogP contribution in [0.4, 0.5) is 5.69 Å². The van der Waals surface area contributed by atoms with Crippen molar-refractivity contribution in [2.24, 2.45) is 0 Å². The van der Waals surface area contributed by atoms with E-state index in [1.807, 2.05) is 18.2 Å². The third-order valence-corrected chi connectivity index (χ3v) is 2.16. The number of benzene rings is 1. The number of hydrogen-bond acceptors (Lipinski definition) is 3. The largest absolute Gasteiger partial charge is 0.478 e. The molecule has 0 atom stereocenters. The highest BCUT2D eigenvalue weighted by Crippen LogP contribution is 2.12. The minimum atomic E-state index is -0.929. The van der Waals surface area contributed by atoms with Gasteiger partial charge in [0.15, 0.2) is 0 Å². The van der Waals surface area contributed by atoms with Crippen LogP contribution in [0.15, 0.2) is 47.1 Å². The van der Waals surface area contributed by atoms with E-state index in [1.165, 1.54) is 0 Å². The first-order valence-electron chi connectivity index (χ1n) is 4.85. The number of carboxylic acid groups (broad SMARTS) is 1. The topological polar surface area (TPSA) is 62.5 Å². The Labute approximate surface area is 92.5 Å². The SMILES string of the molecule is O=C(O)c1cccc(NCc2ccco2)c1. The minimum Gasteiger partial charge on any atom is -0.478 e. The molecule has 1 heterocycles. The molecule has 0 saturated carbocycles. The average molecular weight is 217 g/mol. The number of carbonyl (C=O) groups is 1. The maximum Gasteiger partial charge on any atom is 0.335 e. The molecule has 0 aliphatic carbocycles. The van der Waals surface area contributed by atoms with Crippen LogP contribution in [-0.4, -0.2) is 11.1 Å². The zero-order valence-electron chi connectivity index (χ0n) is 8.51. The predicted octanol–water partition coefficient (Wildman–Crippen LogP) is 2.59. The second kappa shape index (κ2) is 4.53. The Bertz CT molecular complexity index is 477. The molecule has 0 aliphatic heterocycles. The summed E-state index contributed by atoms with van der Waals surface area (Å²) in [6.45, 7) is 0.538. The van der Waals surface area contributed by atoms with Gasteiger partial charge in [-0.05, 0) is 30.3 Å². The molecule has 4 nitrogen and oxygen atoms in total. The molecule has 1 aromatic heterocycles. The fourth-order valence-corrected chi connectivity index (χ4v) is 1.36. The number of nitrogens with one attached hydrogen (secondary N) is 1. The van der Waals surface area contributed by atoms with Crippen LogP contribution in [0.5, 0.6) is 0 Å². The molecule has 0 radical (unpaired) electrons. The maximum absolute atomic E-state index is 10.7. The Kier molecular flexibility index (Phi) is 2.91. The van der Waals surface area contributed by atoms with Gasteiger partial charge in [0, 0.05) is 5.69 Å². The lowest BCUT2D eigenvalue weighted by atomic mass is 10.2.